The Hall–Kier alpha value is -3.36. The predicted octanol–water partition coefficient (Wildman–Crippen LogP) is 4.80. The maximum absolute atomic E-state index is 13.3. The second kappa shape index (κ2) is 9.02. The Morgan fingerprint density at radius 2 is 1.94 bits per heavy atom. The van der Waals surface area contributed by atoms with Crippen molar-refractivity contribution in [2.24, 2.45) is 0 Å². The summed E-state index contributed by atoms with van der Waals surface area (Å²) in [4.78, 5) is 8.79. The van der Waals surface area contributed by atoms with E-state index in [1.54, 1.807) is 12.4 Å². The number of anilines is 1. The van der Waals surface area contributed by atoms with Crippen LogP contribution in [0.1, 0.15) is 35.5 Å². The summed E-state index contributed by atoms with van der Waals surface area (Å²) in [6.07, 6.45) is 3.55. The lowest BCUT2D eigenvalue weighted by Gasteiger charge is -2.17. The summed E-state index contributed by atoms with van der Waals surface area (Å²) in [7, 11) is 0. The molecule has 9 heteroatoms. The number of nitrogens with zero attached hydrogens (tertiary/aromatic N) is 5. The van der Waals surface area contributed by atoms with Crippen LogP contribution in [0.2, 0.25) is 5.02 Å². The minimum Gasteiger partial charge on any atom is -0.390 e. The van der Waals surface area contributed by atoms with Gasteiger partial charge in [0.2, 0.25) is 0 Å². The van der Waals surface area contributed by atoms with Crippen molar-refractivity contribution in [2.45, 2.75) is 33.4 Å². The van der Waals surface area contributed by atoms with Crippen molar-refractivity contribution in [3.63, 3.8) is 0 Å². The van der Waals surface area contributed by atoms with E-state index >= 15 is 0 Å². The number of aliphatic hydroxyl groups is 1. The fourth-order valence-corrected chi connectivity index (χ4v) is 3.76. The molecule has 0 aliphatic rings. The minimum absolute atomic E-state index is 0.195. The molecule has 0 fully saturated rings. The number of nitrogens with one attached hydrogen (secondary N) is 1. The molecule has 0 amide bonds. The minimum atomic E-state index is -0.379. The Kier molecular flexibility index (Phi) is 6.16. The molecule has 0 aliphatic carbocycles. The molecule has 2 N–H and O–H groups in total. The molecule has 0 radical (unpaired) electrons. The molecule has 0 spiro atoms. The maximum Gasteiger partial charge on any atom is 0.152 e. The van der Waals surface area contributed by atoms with Crippen LogP contribution >= 0.6 is 11.6 Å². The van der Waals surface area contributed by atoms with Crippen molar-refractivity contribution >= 4 is 17.4 Å². The van der Waals surface area contributed by atoms with Gasteiger partial charge in [0.15, 0.2) is 5.82 Å². The number of rotatable bonds is 6. The van der Waals surface area contributed by atoms with E-state index in [2.05, 4.69) is 25.5 Å². The largest absolute Gasteiger partial charge is 0.390 e. The Morgan fingerprint density at radius 3 is 2.59 bits per heavy atom. The summed E-state index contributed by atoms with van der Waals surface area (Å²) in [5.41, 5.74) is 4.96. The van der Waals surface area contributed by atoms with E-state index in [1.165, 1.54) is 12.1 Å². The third-order valence-electron chi connectivity index (χ3n) is 5.12. The molecule has 4 rings (SSSR count). The summed E-state index contributed by atoms with van der Waals surface area (Å²) in [6.45, 7) is 5.51. The summed E-state index contributed by atoms with van der Waals surface area (Å²) in [5.74, 6) is 0.213. The topological polar surface area (TPSA) is 88.8 Å². The van der Waals surface area contributed by atoms with Gasteiger partial charge in [0.05, 0.1) is 41.7 Å². The lowest BCUT2D eigenvalue weighted by Crippen LogP contribution is -2.11. The zero-order valence-electron chi connectivity index (χ0n) is 17.8. The van der Waals surface area contributed by atoms with Gasteiger partial charge in [-0.25, -0.2) is 14.4 Å². The number of aliphatic hydroxyl groups excluding tert-OH is 1. The highest BCUT2D eigenvalue weighted by Gasteiger charge is 2.15. The van der Waals surface area contributed by atoms with Crippen LogP contribution in [-0.2, 0) is 6.61 Å². The lowest BCUT2D eigenvalue weighted by molar-refractivity contribution is 0.276. The van der Waals surface area contributed by atoms with E-state index in [-0.39, 0.29) is 18.5 Å². The molecule has 32 heavy (non-hydrogen) atoms. The van der Waals surface area contributed by atoms with Gasteiger partial charge in [-0.1, -0.05) is 17.7 Å². The van der Waals surface area contributed by atoms with E-state index in [4.69, 9.17) is 11.6 Å². The molecule has 0 unspecified atom stereocenters. The standard InChI is InChI=1S/C23H22ClFN6O/c1-13-8-20(19-6-7-22(21(11-32)28-19)31-10-14(2)26-12-31)29-30-23(13)27-15(3)17-5-4-16(25)9-18(17)24/h4-10,12,15,32H,11H2,1-3H3,(H,27,30)/t15-/m0/s1. The number of hydrogen-bond acceptors (Lipinski definition) is 6. The van der Waals surface area contributed by atoms with Gasteiger partial charge in [-0.05, 0) is 62.2 Å². The van der Waals surface area contributed by atoms with E-state index in [9.17, 15) is 9.50 Å². The zero-order valence-corrected chi connectivity index (χ0v) is 18.6. The van der Waals surface area contributed by atoms with Crippen LogP contribution in [0, 0.1) is 19.7 Å². The van der Waals surface area contributed by atoms with E-state index in [1.807, 2.05) is 49.7 Å². The van der Waals surface area contributed by atoms with Crippen LogP contribution in [0.15, 0.2) is 48.9 Å². The molecule has 0 aliphatic heterocycles. The van der Waals surface area contributed by atoms with Crippen LogP contribution in [0.3, 0.4) is 0 Å². The highest BCUT2D eigenvalue weighted by atomic mass is 35.5. The van der Waals surface area contributed by atoms with E-state index in [0.717, 1.165) is 22.5 Å². The summed E-state index contributed by atoms with van der Waals surface area (Å²) < 4.78 is 15.2. The number of aromatic nitrogens is 5. The van der Waals surface area contributed by atoms with Crippen LogP contribution in [0.4, 0.5) is 10.2 Å². The predicted molar refractivity (Wildman–Crippen MR) is 121 cm³/mol. The fourth-order valence-electron chi connectivity index (χ4n) is 3.43. The number of hydrogen-bond donors (Lipinski definition) is 2. The Balaban J connectivity index is 1.59. The number of imidazole rings is 1. The van der Waals surface area contributed by atoms with Crippen LogP contribution in [0.25, 0.3) is 17.1 Å². The highest BCUT2D eigenvalue weighted by Crippen LogP contribution is 2.28. The second-order valence-corrected chi connectivity index (χ2v) is 7.94. The number of aryl methyl sites for hydroxylation is 2. The maximum atomic E-state index is 13.3. The van der Waals surface area contributed by atoms with Gasteiger partial charge in [-0.15, -0.1) is 10.2 Å². The molecule has 0 bridgehead atoms. The van der Waals surface area contributed by atoms with Crippen LogP contribution in [0.5, 0.6) is 0 Å². The third-order valence-corrected chi connectivity index (χ3v) is 5.45. The highest BCUT2D eigenvalue weighted by molar-refractivity contribution is 6.31. The van der Waals surface area contributed by atoms with Gasteiger partial charge in [0, 0.05) is 11.2 Å². The zero-order chi connectivity index (χ0) is 22.8. The van der Waals surface area contributed by atoms with Crippen molar-refractivity contribution in [3.05, 3.63) is 82.3 Å². The Bertz CT molecular complexity index is 1280. The average molecular weight is 453 g/mol. The summed E-state index contributed by atoms with van der Waals surface area (Å²) >= 11 is 6.17. The molecule has 4 aromatic rings. The number of pyridine rings is 1. The van der Waals surface area contributed by atoms with Gasteiger partial charge >= 0.3 is 0 Å². The molecular formula is C23H22ClFN6O. The molecule has 1 aromatic carbocycles. The van der Waals surface area contributed by atoms with Gasteiger partial charge in [0.25, 0.3) is 0 Å². The first-order chi connectivity index (χ1) is 15.4. The molecule has 3 aromatic heterocycles. The first-order valence-electron chi connectivity index (χ1n) is 10.0. The van der Waals surface area contributed by atoms with Gasteiger partial charge in [-0.3, -0.25) is 0 Å². The van der Waals surface area contributed by atoms with E-state index < -0.39 is 0 Å². The molecule has 3 heterocycles. The lowest BCUT2D eigenvalue weighted by atomic mass is 10.1. The Labute approximate surface area is 190 Å². The fraction of sp³-hybridized carbons (Fsp3) is 0.217. The monoisotopic (exact) mass is 452 g/mol. The quantitative estimate of drug-likeness (QED) is 0.437. The van der Waals surface area contributed by atoms with Gasteiger partial charge < -0.3 is 15.0 Å². The SMILES string of the molecule is Cc1cn(-c2ccc(-c3cc(C)c(N[C@@H](C)c4ccc(F)cc4Cl)nn3)nc2CO)cn1. The molecule has 0 saturated heterocycles. The molecule has 7 nitrogen and oxygen atoms in total. The average Bonchev–Trinajstić information content (AvgIpc) is 3.20. The first kappa shape index (κ1) is 21.9. The van der Waals surface area contributed by atoms with Gasteiger partial charge in [-0.2, -0.15) is 0 Å². The van der Waals surface area contributed by atoms with Crippen molar-refractivity contribution in [2.75, 3.05) is 5.32 Å². The third kappa shape index (κ3) is 4.46. The van der Waals surface area contributed by atoms with Crippen LogP contribution in [-0.4, -0.2) is 29.8 Å². The van der Waals surface area contributed by atoms with Crippen molar-refractivity contribution in [1.82, 2.24) is 24.7 Å². The molecule has 164 valence electrons. The first-order valence-corrected chi connectivity index (χ1v) is 10.4. The number of halogens is 2. The molecular weight excluding hydrogens is 431 g/mol. The van der Waals surface area contributed by atoms with E-state index in [0.29, 0.717) is 27.9 Å². The van der Waals surface area contributed by atoms with Crippen molar-refractivity contribution in [3.8, 4) is 17.1 Å². The van der Waals surface area contributed by atoms with Crippen LogP contribution < -0.4 is 5.32 Å². The summed E-state index contributed by atoms with van der Waals surface area (Å²) in [6, 6.07) is 9.70. The normalized spacial score (nSPS) is 12.1. The smallest absolute Gasteiger partial charge is 0.152 e. The van der Waals surface area contributed by atoms with Crippen molar-refractivity contribution < 1.29 is 9.50 Å². The Morgan fingerprint density at radius 1 is 1.12 bits per heavy atom. The van der Waals surface area contributed by atoms with Gasteiger partial charge in [0.1, 0.15) is 11.5 Å². The van der Waals surface area contributed by atoms with Crippen molar-refractivity contribution in [1.29, 1.82) is 0 Å². The number of benzene rings is 1. The molecule has 0 saturated carbocycles. The second-order valence-electron chi connectivity index (χ2n) is 7.54. The summed E-state index contributed by atoms with van der Waals surface area (Å²) in [5, 5.41) is 22.1. The molecule has 1 atom stereocenters.